The number of nitrogens with zero attached hydrogens (tertiary/aromatic N) is 2. The van der Waals surface area contributed by atoms with E-state index in [9.17, 15) is 4.79 Å². The molecule has 0 spiro atoms. The number of carbonyl (C=O) groups excluding carboxylic acids is 1. The summed E-state index contributed by atoms with van der Waals surface area (Å²) in [5.41, 5.74) is 2.32. The maximum atomic E-state index is 12.4. The quantitative estimate of drug-likeness (QED) is 0.475. The van der Waals surface area contributed by atoms with E-state index < -0.39 is 0 Å². The molecular weight excluding hydrogens is 316 g/mol. The average molecular weight is 336 g/mol. The molecule has 3 aromatic rings. The molecule has 2 heterocycles. The van der Waals surface area contributed by atoms with Crippen LogP contribution in [0.4, 0.5) is 0 Å². The molecule has 0 aliphatic heterocycles. The highest BCUT2D eigenvalue weighted by Crippen LogP contribution is 2.29. The molecule has 0 unspecified atom stereocenters. The summed E-state index contributed by atoms with van der Waals surface area (Å²) in [6.45, 7) is 2.71. The number of ether oxygens (including phenoxy) is 2. The van der Waals surface area contributed by atoms with Crippen molar-refractivity contribution in [3.63, 3.8) is 0 Å². The number of unbranched alkanes of at least 4 members (excludes halogenated alkanes) is 2. The van der Waals surface area contributed by atoms with Crippen molar-refractivity contribution < 1.29 is 14.3 Å². The van der Waals surface area contributed by atoms with Gasteiger partial charge in [0.1, 0.15) is 5.75 Å². The van der Waals surface area contributed by atoms with Gasteiger partial charge in [0.05, 0.1) is 42.1 Å². The number of pyridine rings is 1. The van der Waals surface area contributed by atoms with Crippen molar-refractivity contribution in [1.29, 1.82) is 5.26 Å². The van der Waals surface area contributed by atoms with Crippen LogP contribution in [0.5, 0.6) is 5.75 Å². The molecule has 25 heavy (non-hydrogen) atoms. The molecule has 128 valence electrons. The molecule has 1 aromatic carbocycles. The van der Waals surface area contributed by atoms with Crippen molar-refractivity contribution in [2.24, 2.45) is 0 Å². The molecule has 0 amide bonds. The summed E-state index contributed by atoms with van der Waals surface area (Å²) >= 11 is 0. The zero-order valence-electron chi connectivity index (χ0n) is 14.2. The Morgan fingerprint density at radius 3 is 2.80 bits per heavy atom. The van der Waals surface area contributed by atoms with Crippen LogP contribution in [0, 0.1) is 11.3 Å². The third-order valence-electron chi connectivity index (χ3n) is 4.04. The van der Waals surface area contributed by atoms with Crippen LogP contribution in [-0.2, 0) is 4.74 Å². The Labute approximate surface area is 146 Å². The SMILES string of the molecule is CCOC(=O)c1c2ccccc2n2cc(OCCCCC#N)ccc12. The van der Waals surface area contributed by atoms with E-state index in [0.29, 0.717) is 25.2 Å². The first-order valence-corrected chi connectivity index (χ1v) is 8.46. The number of fused-ring (bicyclic) bond motifs is 3. The lowest BCUT2D eigenvalue weighted by molar-refractivity contribution is 0.0531. The molecule has 0 bridgehead atoms. The normalized spacial score (nSPS) is 10.7. The number of esters is 1. The van der Waals surface area contributed by atoms with Gasteiger partial charge in [-0.25, -0.2) is 4.79 Å². The van der Waals surface area contributed by atoms with Crippen LogP contribution in [0.1, 0.15) is 36.5 Å². The fraction of sp³-hybridized carbons (Fsp3) is 0.300. The predicted molar refractivity (Wildman–Crippen MR) is 95.8 cm³/mol. The Kier molecular flexibility index (Phi) is 5.20. The Bertz CT molecular complexity index is 937. The molecular formula is C20H20N2O3. The van der Waals surface area contributed by atoms with Gasteiger partial charge in [-0.05, 0) is 38.0 Å². The molecule has 0 atom stereocenters. The predicted octanol–water partition coefficient (Wildman–Crippen LogP) is 4.34. The van der Waals surface area contributed by atoms with Crippen molar-refractivity contribution in [2.75, 3.05) is 13.2 Å². The van der Waals surface area contributed by atoms with Gasteiger partial charge in [0.25, 0.3) is 0 Å². The molecule has 0 saturated heterocycles. The Hall–Kier alpha value is -3.00. The van der Waals surface area contributed by atoms with Crippen molar-refractivity contribution in [3.05, 3.63) is 48.2 Å². The van der Waals surface area contributed by atoms with E-state index in [-0.39, 0.29) is 5.97 Å². The molecule has 5 heteroatoms. The van der Waals surface area contributed by atoms with E-state index in [4.69, 9.17) is 14.7 Å². The molecule has 5 nitrogen and oxygen atoms in total. The maximum absolute atomic E-state index is 12.4. The van der Waals surface area contributed by atoms with Gasteiger partial charge in [0.2, 0.25) is 0 Å². The second-order valence-corrected chi connectivity index (χ2v) is 5.70. The lowest BCUT2D eigenvalue weighted by Gasteiger charge is -2.07. The third kappa shape index (κ3) is 3.43. The van der Waals surface area contributed by atoms with E-state index in [1.165, 1.54) is 0 Å². The summed E-state index contributed by atoms with van der Waals surface area (Å²) in [6, 6.07) is 13.6. The van der Waals surface area contributed by atoms with Gasteiger partial charge in [-0.15, -0.1) is 0 Å². The molecule has 0 radical (unpaired) electrons. The smallest absolute Gasteiger partial charge is 0.340 e. The summed E-state index contributed by atoms with van der Waals surface area (Å²) in [4.78, 5) is 12.4. The summed E-state index contributed by atoms with van der Waals surface area (Å²) in [7, 11) is 0. The second-order valence-electron chi connectivity index (χ2n) is 5.70. The first-order chi connectivity index (χ1) is 12.3. The first kappa shape index (κ1) is 16.8. The monoisotopic (exact) mass is 336 g/mol. The van der Waals surface area contributed by atoms with Gasteiger partial charge in [-0.3, -0.25) is 0 Å². The molecule has 0 fully saturated rings. The number of carbonyl (C=O) groups is 1. The zero-order chi connectivity index (χ0) is 17.6. The highest BCUT2D eigenvalue weighted by atomic mass is 16.5. The zero-order valence-corrected chi connectivity index (χ0v) is 14.2. The maximum Gasteiger partial charge on any atom is 0.340 e. The summed E-state index contributed by atoms with van der Waals surface area (Å²) in [5.74, 6) is 0.423. The fourth-order valence-electron chi connectivity index (χ4n) is 2.92. The average Bonchev–Trinajstić information content (AvgIpc) is 2.96. The van der Waals surface area contributed by atoms with Crippen LogP contribution in [0.15, 0.2) is 42.6 Å². The van der Waals surface area contributed by atoms with Crippen molar-refractivity contribution in [1.82, 2.24) is 4.40 Å². The summed E-state index contributed by atoms with van der Waals surface area (Å²) < 4.78 is 13.0. The summed E-state index contributed by atoms with van der Waals surface area (Å²) in [6.07, 6.45) is 4.11. The summed E-state index contributed by atoms with van der Waals surface area (Å²) in [5, 5.41) is 9.42. The van der Waals surface area contributed by atoms with E-state index in [1.807, 2.05) is 47.0 Å². The van der Waals surface area contributed by atoms with Gasteiger partial charge < -0.3 is 13.9 Å². The lowest BCUT2D eigenvalue weighted by Crippen LogP contribution is -2.04. The van der Waals surface area contributed by atoms with Crippen molar-refractivity contribution >= 4 is 22.4 Å². The minimum absolute atomic E-state index is 0.314. The van der Waals surface area contributed by atoms with Crippen LogP contribution in [-0.4, -0.2) is 23.6 Å². The number of nitriles is 1. The standard InChI is InChI=1S/C20H20N2O3/c1-2-24-20(23)19-16-8-4-5-9-17(16)22-14-15(10-11-18(19)22)25-13-7-3-6-12-21/h4-5,8-11,14H,2-3,6-7,13H2,1H3. The Morgan fingerprint density at radius 1 is 1.16 bits per heavy atom. The van der Waals surface area contributed by atoms with Gasteiger partial charge in [0.15, 0.2) is 0 Å². The molecule has 0 N–H and O–H groups in total. The molecule has 2 aromatic heterocycles. The van der Waals surface area contributed by atoms with Crippen LogP contribution >= 0.6 is 0 Å². The van der Waals surface area contributed by atoms with Crippen LogP contribution in [0.25, 0.3) is 16.4 Å². The van der Waals surface area contributed by atoms with Crippen LogP contribution < -0.4 is 4.74 Å². The second kappa shape index (κ2) is 7.71. The minimum Gasteiger partial charge on any atom is -0.492 e. The first-order valence-electron chi connectivity index (χ1n) is 8.46. The number of rotatable bonds is 7. The largest absolute Gasteiger partial charge is 0.492 e. The number of hydrogen-bond acceptors (Lipinski definition) is 4. The van der Waals surface area contributed by atoms with E-state index in [0.717, 1.165) is 35.0 Å². The molecule has 0 aliphatic carbocycles. The molecule has 0 saturated carbocycles. The highest BCUT2D eigenvalue weighted by molar-refractivity contribution is 6.11. The number of para-hydroxylation sites is 1. The minimum atomic E-state index is -0.314. The number of benzene rings is 1. The topological polar surface area (TPSA) is 63.7 Å². The van der Waals surface area contributed by atoms with Crippen LogP contribution in [0.3, 0.4) is 0 Å². The van der Waals surface area contributed by atoms with Crippen molar-refractivity contribution in [3.8, 4) is 11.8 Å². The van der Waals surface area contributed by atoms with Crippen LogP contribution in [0.2, 0.25) is 0 Å². The van der Waals surface area contributed by atoms with Crippen molar-refractivity contribution in [2.45, 2.75) is 26.2 Å². The van der Waals surface area contributed by atoms with Gasteiger partial charge in [0, 0.05) is 11.8 Å². The fourth-order valence-corrected chi connectivity index (χ4v) is 2.92. The van der Waals surface area contributed by atoms with E-state index >= 15 is 0 Å². The third-order valence-corrected chi connectivity index (χ3v) is 4.04. The van der Waals surface area contributed by atoms with E-state index in [2.05, 4.69) is 6.07 Å². The van der Waals surface area contributed by atoms with Gasteiger partial charge in [-0.2, -0.15) is 5.26 Å². The lowest BCUT2D eigenvalue weighted by atomic mass is 10.1. The van der Waals surface area contributed by atoms with Gasteiger partial charge in [-0.1, -0.05) is 18.2 Å². The molecule has 3 rings (SSSR count). The van der Waals surface area contributed by atoms with E-state index in [1.54, 1.807) is 6.92 Å². The Balaban J connectivity index is 1.95. The Morgan fingerprint density at radius 2 is 2.00 bits per heavy atom. The van der Waals surface area contributed by atoms with Gasteiger partial charge >= 0.3 is 5.97 Å². The molecule has 0 aliphatic rings. The highest BCUT2D eigenvalue weighted by Gasteiger charge is 2.19. The number of aromatic nitrogens is 1. The number of hydrogen-bond donors (Lipinski definition) is 0.